The number of anilines is 1. The molecule has 1 aromatic carbocycles. The molecular weight excluding hydrogens is 318 g/mol. The Hall–Kier alpha value is -1.50. The van der Waals surface area contributed by atoms with Crippen LogP contribution in [0.1, 0.15) is 25.7 Å². The molecule has 19 heavy (non-hydrogen) atoms. The zero-order valence-corrected chi connectivity index (χ0v) is 12.1. The topological polar surface area (TPSA) is 42.7 Å². The maximum Gasteiger partial charge on any atom is 0.150 e. The van der Waals surface area contributed by atoms with Crippen molar-refractivity contribution in [1.82, 2.24) is 14.8 Å². The van der Waals surface area contributed by atoms with Gasteiger partial charge in [0.1, 0.15) is 29.5 Å². The van der Waals surface area contributed by atoms with Crippen molar-refractivity contribution < 1.29 is 8.78 Å². The number of hydrogen-bond donors (Lipinski definition) is 1. The van der Waals surface area contributed by atoms with E-state index < -0.39 is 11.6 Å². The Morgan fingerprint density at radius 1 is 1.32 bits per heavy atom. The fraction of sp³-hybridized carbons (Fsp3) is 0.333. The van der Waals surface area contributed by atoms with Gasteiger partial charge in [0.15, 0.2) is 0 Å². The smallest absolute Gasteiger partial charge is 0.150 e. The lowest BCUT2D eigenvalue weighted by molar-refractivity contribution is 0.508. The third kappa shape index (κ3) is 3.09. The molecule has 0 amide bonds. The van der Waals surface area contributed by atoms with Crippen molar-refractivity contribution in [2.45, 2.75) is 26.4 Å². The SMILES string of the molecule is CC(C)n1ncnc1CNc1c(F)cc(Br)cc1F. The van der Waals surface area contributed by atoms with Crippen LogP contribution < -0.4 is 5.32 Å². The van der Waals surface area contributed by atoms with Crippen molar-refractivity contribution in [1.29, 1.82) is 0 Å². The van der Waals surface area contributed by atoms with Crippen LogP contribution in [0.15, 0.2) is 22.9 Å². The Morgan fingerprint density at radius 3 is 2.53 bits per heavy atom. The van der Waals surface area contributed by atoms with Gasteiger partial charge in [-0.05, 0) is 26.0 Å². The Labute approximate surface area is 118 Å². The molecule has 0 spiro atoms. The van der Waals surface area contributed by atoms with Gasteiger partial charge in [-0.2, -0.15) is 5.10 Å². The number of nitrogens with zero attached hydrogens (tertiary/aromatic N) is 3. The third-order valence-electron chi connectivity index (χ3n) is 2.57. The number of hydrogen-bond acceptors (Lipinski definition) is 3. The van der Waals surface area contributed by atoms with Crippen molar-refractivity contribution in [3.63, 3.8) is 0 Å². The largest absolute Gasteiger partial charge is 0.373 e. The lowest BCUT2D eigenvalue weighted by Gasteiger charge is -2.12. The molecule has 2 rings (SSSR count). The van der Waals surface area contributed by atoms with Gasteiger partial charge in [0.25, 0.3) is 0 Å². The van der Waals surface area contributed by atoms with Crippen LogP contribution >= 0.6 is 15.9 Å². The first-order chi connectivity index (χ1) is 8.99. The van der Waals surface area contributed by atoms with Crippen LogP contribution in [-0.4, -0.2) is 14.8 Å². The van der Waals surface area contributed by atoms with E-state index in [-0.39, 0.29) is 18.3 Å². The van der Waals surface area contributed by atoms with Gasteiger partial charge in [-0.15, -0.1) is 0 Å². The van der Waals surface area contributed by atoms with E-state index in [4.69, 9.17) is 0 Å². The Kier molecular flexibility index (Phi) is 4.14. The molecule has 0 unspecified atom stereocenters. The second-order valence-corrected chi connectivity index (χ2v) is 5.23. The summed E-state index contributed by atoms with van der Waals surface area (Å²) in [4.78, 5) is 4.06. The highest BCUT2D eigenvalue weighted by atomic mass is 79.9. The zero-order chi connectivity index (χ0) is 14.0. The van der Waals surface area contributed by atoms with Gasteiger partial charge in [-0.25, -0.2) is 18.4 Å². The second-order valence-electron chi connectivity index (χ2n) is 4.31. The number of halogens is 3. The Balaban J connectivity index is 2.17. The summed E-state index contributed by atoms with van der Waals surface area (Å²) in [6.07, 6.45) is 1.42. The fourth-order valence-electron chi connectivity index (χ4n) is 1.71. The normalized spacial score (nSPS) is 11.1. The summed E-state index contributed by atoms with van der Waals surface area (Å²) in [5, 5.41) is 6.77. The van der Waals surface area contributed by atoms with Gasteiger partial charge in [0, 0.05) is 10.5 Å². The van der Waals surface area contributed by atoms with E-state index in [0.717, 1.165) is 0 Å². The molecule has 1 N–H and O–H groups in total. The average molecular weight is 331 g/mol. The first-order valence-electron chi connectivity index (χ1n) is 5.76. The minimum absolute atomic E-state index is 0.138. The van der Waals surface area contributed by atoms with E-state index in [9.17, 15) is 8.78 Å². The maximum atomic E-state index is 13.6. The summed E-state index contributed by atoms with van der Waals surface area (Å²) in [6, 6.07) is 2.55. The van der Waals surface area contributed by atoms with Gasteiger partial charge >= 0.3 is 0 Å². The van der Waals surface area contributed by atoms with Crippen LogP contribution in [0.2, 0.25) is 0 Å². The van der Waals surface area contributed by atoms with Crippen LogP contribution in [0.25, 0.3) is 0 Å². The minimum atomic E-state index is -0.650. The molecule has 0 atom stereocenters. The van der Waals surface area contributed by atoms with E-state index in [1.165, 1.54) is 18.5 Å². The Bertz CT molecular complexity index is 560. The Morgan fingerprint density at radius 2 is 1.95 bits per heavy atom. The van der Waals surface area contributed by atoms with Gasteiger partial charge < -0.3 is 5.32 Å². The van der Waals surface area contributed by atoms with Crippen LogP contribution in [0.3, 0.4) is 0 Å². The maximum absolute atomic E-state index is 13.6. The number of rotatable bonds is 4. The molecule has 0 bridgehead atoms. The van der Waals surface area contributed by atoms with Crippen LogP contribution in [0.4, 0.5) is 14.5 Å². The molecule has 1 aromatic heterocycles. The third-order valence-corrected chi connectivity index (χ3v) is 3.02. The highest BCUT2D eigenvalue weighted by molar-refractivity contribution is 9.10. The van der Waals surface area contributed by atoms with Crippen LogP contribution in [0.5, 0.6) is 0 Å². The predicted octanol–water partition coefficient (Wildman–Crippen LogP) is 3.51. The zero-order valence-electron chi connectivity index (χ0n) is 10.5. The van der Waals surface area contributed by atoms with Crippen LogP contribution in [0, 0.1) is 11.6 Å². The van der Waals surface area contributed by atoms with Gasteiger partial charge in [0.2, 0.25) is 0 Å². The molecule has 0 saturated heterocycles. The highest BCUT2D eigenvalue weighted by Gasteiger charge is 2.12. The molecule has 0 aliphatic heterocycles. The molecule has 0 radical (unpaired) electrons. The number of aromatic nitrogens is 3. The predicted molar refractivity (Wildman–Crippen MR) is 71.8 cm³/mol. The molecule has 102 valence electrons. The highest BCUT2D eigenvalue weighted by Crippen LogP contribution is 2.24. The van der Waals surface area contributed by atoms with Crippen molar-refractivity contribution in [2.24, 2.45) is 0 Å². The summed E-state index contributed by atoms with van der Waals surface area (Å²) in [7, 11) is 0. The molecule has 4 nitrogen and oxygen atoms in total. The summed E-state index contributed by atoms with van der Waals surface area (Å²) in [6.45, 7) is 4.12. The number of nitrogens with one attached hydrogen (secondary N) is 1. The van der Waals surface area contributed by atoms with Crippen LogP contribution in [-0.2, 0) is 6.54 Å². The summed E-state index contributed by atoms with van der Waals surface area (Å²) in [5.41, 5.74) is -0.165. The van der Waals surface area contributed by atoms with Crippen molar-refractivity contribution in [3.05, 3.63) is 40.4 Å². The lowest BCUT2D eigenvalue weighted by Crippen LogP contribution is -2.13. The molecule has 1 heterocycles. The first-order valence-corrected chi connectivity index (χ1v) is 6.55. The first kappa shape index (κ1) is 13.9. The number of benzene rings is 1. The second kappa shape index (κ2) is 5.64. The van der Waals surface area contributed by atoms with E-state index in [1.807, 2.05) is 13.8 Å². The molecule has 7 heteroatoms. The monoisotopic (exact) mass is 330 g/mol. The summed E-state index contributed by atoms with van der Waals surface area (Å²) in [5.74, 6) is -0.679. The quantitative estimate of drug-likeness (QED) is 0.932. The van der Waals surface area contributed by atoms with Gasteiger partial charge in [0.05, 0.1) is 6.54 Å². The van der Waals surface area contributed by atoms with Gasteiger partial charge in [-0.1, -0.05) is 15.9 Å². The summed E-state index contributed by atoms with van der Waals surface area (Å²) >= 11 is 3.03. The molecular formula is C12H13BrF2N4. The van der Waals surface area contributed by atoms with E-state index >= 15 is 0 Å². The van der Waals surface area contributed by atoms with E-state index in [0.29, 0.717) is 10.3 Å². The minimum Gasteiger partial charge on any atom is -0.373 e. The standard InChI is InChI=1S/C12H13BrF2N4/c1-7(2)19-11(17-6-18-19)5-16-12-9(14)3-8(13)4-10(12)15/h3-4,6-7,16H,5H2,1-2H3. The van der Waals surface area contributed by atoms with E-state index in [2.05, 4.69) is 31.3 Å². The molecule has 0 aliphatic carbocycles. The summed E-state index contributed by atoms with van der Waals surface area (Å²) < 4.78 is 29.3. The van der Waals surface area contributed by atoms with Crippen molar-refractivity contribution in [2.75, 3.05) is 5.32 Å². The van der Waals surface area contributed by atoms with Gasteiger partial charge in [-0.3, -0.25) is 0 Å². The average Bonchev–Trinajstić information content (AvgIpc) is 2.75. The molecule has 0 aliphatic rings. The molecule has 0 fully saturated rings. The van der Waals surface area contributed by atoms with Crippen molar-refractivity contribution >= 4 is 21.6 Å². The molecule has 0 saturated carbocycles. The molecule has 2 aromatic rings. The van der Waals surface area contributed by atoms with E-state index in [1.54, 1.807) is 4.68 Å². The van der Waals surface area contributed by atoms with Crippen molar-refractivity contribution in [3.8, 4) is 0 Å². The lowest BCUT2D eigenvalue weighted by atomic mass is 10.3. The fourth-order valence-corrected chi connectivity index (χ4v) is 2.11.